The van der Waals surface area contributed by atoms with E-state index in [1.165, 1.54) is 23.3 Å². The Bertz CT molecular complexity index is 638. The number of hydrogen-bond donors (Lipinski definition) is 2. The summed E-state index contributed by atoms with van der Waals surface area (Å²) in [5, 5.41) is 6.42. The van der Waals surface area contributed by atoms with Gasteiger partial charge in [0.25, 0.3) is 0 Å². The van der Waals surface area contributed by atoms with E-state index in [0.717, 1.165) is 18.1 Å². The molecule has 0 saturated carbocycles. The fourth-order valence-electron chi connectivity index (χ4n) is 2.16. The van der Waals surface area contributed by atoms with E-state index >= 15 is 0 Å². The van der Waals surface area contributed by atoms with Gasteiger partial charge in [-0.05, 0) is 37.1 Å². The number of hydrogen-bond acceptors (Lipinski definition) is 1. The molecule has 3 nitrogen and oxygen atoms in total. The summed E-state index contributed by atoms with van der Waals surface area (Å²) in [6.45, 7) is 6.02. The van der Waals surface area contributed by atoms with Crippen molar-refractivity contribution in [3.05, 3.63) is 71.0 Å². The largest absolute Gasteiger partial charge is 0.357 e. The predicted octanol–water partition coefficient (Wildman–Crippen LogP) is 3.39. The van der Waals surface area contributed by atoms with Crippen molar-refractivity contribution >= 4 is 5.96 Å². The highest BCUT2D eigenvalue weighted by molar-refractivity contribution is 5.79. The van der Waals surface area contributed by atoms with Gasteiger partial charge >= 0.3 is 0 Å². The van der Waals surface area contributed by atoms with E-state index in [-0.39, 0.29) is 5.82 Å². The minimum Gasteiger partial charge on any atom is -0.357 e. The van der Waals surface area contributed by atoms with E-state index in [4.69, 9.17) is 0 Å². The summed E-state index contributed by atoms with van der Waals surface area (Å²) >= 11 is 0. The van der Waals surface area contributed by atoms with Crippen molar-refractivity contribution in [3.63, 3.8) is 0 Å². The molecule has 0 bridgehead atoms. The molecule has 0 aliphatic rings. The van der Waals surface area contributed by atoms with Crippen LogP contribution in [0, 0.1) is 12.7 Å². The molecular formula is C18H22FN3. The second kappa shape index (κ2) is 8.17. The average molecular weight is 299 g/mol. The second-order valence-electron chi connectivity index (χ2n) is 5.17. The van der Waals surface area contributed by atoms with Crippen molar-refractivity contribution < 1.29 is 4.39 Å². The quantitative estimate of drug-likeness (QED) is 0.656. The van der Waals surface area contributed by atoms with Crippen LogP contribution in [0.2, 0.25) is 0 Å². The number of guanidine groups is 1. The first-order valence-electron chi connectivity index (χ1n) is 7.49. The maximum atomic E-state index is 13.2. The standard InChI is InChI=1S/C18H22FN3/c1-3-20-18(21-12-15-7-4-6-14(2)10-15)22-13-16-8-5-9-17(19)11-16/h4-11H,3,12-13H2,1-2H3,(H2,20,21,22). The predicted molar refractivity (Wildman–Crippen MR) is 89.2 cm³/mol. The van der Waals surface area contributed by atoms with Crippen LogP contribution in [-0.2, 0) is 13.1 Å². The molecule has 0 saturated heterocycles. The first-order chi connectivity index (χ1) is 10.7. The Labute approximate surface area is 131 Å². The van der Waals surface area contributed by atoms with Crippen LogP contribution in [0.15, 0.2) is 53.5 Å². The van der Waals surface area contributed by atoms with Gasteiger partial charge in [0.1, 0.15) is 5.82 Å². The van der Waals surface area contributed by atoms with Gasteiger partial charge in [0.05, 0.1) is 6.54 Å². The molecule has 0 amide bonds. The number of aliphatic imine (C=N–C) groups is 1. The molecule has 4 heteroatoms. The zero-order valence-electron chi connectivity index (χ0n) is 13.1. The van der Waals surface area contributed by atoms with Crippen LogP contribution in [0.4, 0.5) is 4.39 Å². The Hall–Kier alpha value is -2.36. The maximum absolute atomic E-state index is 13.2. The average Bonchev–Trinajstić information content (AvgIpc) is 2.50. The molecule has 2 N–H and O–H groups in total. The van der Waals surface area contributed by atoms with Crippen LogP contribution in [0.5, 0.6) is 0 Å². The van der Waals surface area contributed by atoms with Crippen LogP contribution in [0.1, 0.15) is 23.6 Å². The fourth-order valence-corrected chi connectivity index (χ4v) is 2.16. The molecule has 0 aliphatic heterocycles. The zero-order chi connectivity index (χ0) is 15.8. The summed E-state index contributed by atoms with van der Waals surface area (Å²) < 4.78 is 13.2. The minimum absolute atomic E-state index is 0.221. The van der Waals surface area contributed by atoms with Gasteiger partial charge in [-0.25, -0.2) is 9.38 Å². The minimum atomic E-state index is -0.221. The van der Waals surface area contributed by atoms with Gasteiger partial charge in [0, 0.05) is 13.1 Å². The number of aryl methyl sites for hydroxylation is 1. The van der Waals surface area contributed by atoms with Crippen molar-refractivity contribution in [2.45, 2.75) is 26.9 Å². The first kappa shape index (κ1) is 16.0. The van der Waals surface area contributed by atoms with E-state index in [1.807, 2.05) is 19.1 Å². The van der Waals surface area contributed by atoms with Crippen molar-refractivity contribution in [1.82, 2.24) is 10.6 Å². The molecule has 22 heavy (non-hydrogen) atoms. The normalized spacial score (nSPS) is 11.3. The SMILES string of the molecule is CCNC(=NCc1cccc(C)c1)NCc1cccc(F)c1. The molecule has 2 aromatic carbocycles. The number of nitrogens with zero attached hydrogens (tertiary/aromatic N) is 1. The lowest BCUT2D eigenvalue weighted by Gasteiger charge is -2.11. The zero-order valence-corrected chi connectivity index (χ0v) is 13.1. The van der Waals surface area contributed by atoms with Crippen LogP contribution >= 0.6 is 0 Å². The summed E-state index contributed by atoms with van der Waals surface area (Å²) in [7, 11) is 0. The lowest BCUT2D eigenvalue weighted by molar-refractivity contribution is 0.624. The summed E-state index contributed by atoms with van der Waals surface area (Å²) in [6, 6.07) is 14.9. The van der Waals surface area contributed by atoms with Crippen molar-refractivity contribution in [2.24, 2.45) is 4.99 Å². The third-order valence-corrected chi connectivity index (χ3v) is 3.20. The van der Waals surface area contributed by atoms with Gasteiger partial charge < -0.3 is 10.6 Å². The topological polar surface area (TPSA) is 36.4 Å². The van der Waals surface area contributed by atoms with E-state index in [0.29, 0.717) is 13.1 Å². The highest BCUT2D eigenvalue weighted by Gasteiger charge is 2.00. The highest BCUT2D eigenvalue weighted by Crippen LogP contribution is 2.05. The molecule has 2 rings (SSSR count). The summed E-state index contributed by atoms with van der Waals surface area (Å²) in [5.74, 6) is 0.509. The Kier molecular flexibility index (Phi) is 5.95. The molecular weight excluding hydrogens is 277 g/mol. The van der Waals surface area contributed by atoms with E-state index in [1.54, 1.807) is 6.07 Å². The van der Waals surface area contributed by atoms with Gasteiger partial charge in [-0.3, -0.25) is 0 Å². The molecule has 0 fully saturated rings. The van der Waals surface area contributed by atoms with Gasteiger partial charge in [-0.1, -0.05) is 42.0 Å². The molecule has 0 radical (unpaired) electrons. The molecule has 116 valence electrons. The number of nitrogens with one attached hydrogen (secondary N) is 2. The molecule has 0 atom stereocenters. The maximum Gasteiger partial charge on any atom is 0.191 e. The second-order valence-corrected chi connectivity index (χ2v) is 5.17. The monoisotopic (exact) mass is 299 g/mol. The van der Waals surface area contributed by atoms with Crippen LogP contribution < -0.4 is 10.6 Å². The fraction of sp³-hybridized carbons (Fsp3) is 0.278. The third-order valence-electron chi connectivity index (χ3n) is 3.20. The number of rotatable bonds is 5. The summed E-state index contributed by atoms with van der Waals surface area (Å²) in [6.07, 6.45) is 0. The first-order valence-corrected chi connectivity index (χ1v) is 7.49. The van der Waals surface area contributed by atoms with Gasteiger partial charge in [-0.2, -0.15) is 0 Å². The Balaban J connectivity index is 1.98. The van der Waals surface area contributed by atoms with Gasteiger partial charge in [0.15, 0.2) is 5.96 Å². The van der Waals surface area contributed by atoms with Crippen LogP contribution in [0.25, 0.3) is 0 Å². The highest BCUT2D eigenvalue weighted by atomic mass is 19.1. The van der Waals surface area contributed by atoms with E-state index < -0.39 is 0 Å². The molecule has 2 aromatic rings. The van der Waals surface area contributed by atoms with Crippen molar-refractivity contribution in [1.29, 1.82) is 0 Å². The van der Waals surface area contributed by atoms with Crippen molar-refractivity contribution in [2.75, 3.05) is 6.54 Å². The number of halogens is 1. The molecule has 0 unspecified atom stereocenters. The lowest BCUT2D eigenvalue weighted by Crippen LogP contribution is -2.36. The van der Waals surface area contributed by atoms with Crippen LogP contribution in [0.3, 0.4) is 0 Å². The molecule has 0 heterocycles. The Morgan fingerprint density at radius 2 is 1.82 bits per heavy atom. The summed E-state index contributed by atoms with van der Waals surface area (Å²) in [4.78, 5) is 4.56. The molecule has 0 aromatic heterocycles. The van der Waals surface area contributed by atoms with E-state index in [9.17, 15) is 4.39 Å². The van der Waals surface area contributed by atoms with Crippen LogP contribution in [-0.4, -0.2) is 12.5 Å². The lowest BCUT2D eigenvalue weighted by atomic mass is 10.1. The summed E-state index contributed by atoms with van der Waals surface area (Å²) in [5.41, 5.74) is 3.29. The third kappa shape index (κ3) is 5.20. The smallest absolute Gasteiger partial charge is 0.191 e. The molecule has 0 aliphatic carbocycles. The van der Waals surface area contributed by atoms with Crippen molar-refractivity contribution in [3.8, 4) is 0 Å². The van der Waals surface area contributed by atoms with E-state index in [2.05, 4.69) is 40.7 Å². The Morgan fingerprint density at radius 3 is 2.55 bits per heavy atom. The molecule has 0 spiro atoms. The van der Waals surface area contributed by atoms with Gasteiger partial charge in [-0.15, -0.1) is 0 Å². The van der Waals surface area contributed by atoms with Gasteiger partial charge in [0.2, 0.25) is 0 Å². The Morgan fingerprint density at radius 1 is 1.05 bits per heavy atom. The number of benzene rings is 2.